The molecule has 3 aromatic rings. The maximum atomic E-state index is 13.0. The van der Waals surface area contributed by atoms with Crippen molar-refractivity contribution < 1.29 is 18.7 Å². The molecule has 0 unspecified atom stereocenters. The molecule has 3 aromatic carbocycles. The van der Waals surface area contributed by atoms with E-state index in [1.54, 1.807) is 30.5 Å². The number of carbonyl (C=O) groups excluding carboxylic acids is 1. The second-order valence-corrected chi connectivity index (χ2v) is 7.57. The number of carbonyl (C=O) groups is 1. The highest BCUT2D eigenvalue weighted by Gasteiger charge is 2.07. The number of benzene rings is 3. The number of halogens is 2. The van der Waals surface area contributed by atoms with Crippen LogP contribution in [0.3, 0.4) is 0 Å². The van der Waals surface area contributed by atoms with Crippen molar-refractivity contribution in [1.29, 1.82) is 0 Å². The summed E-state index contributed by atoms with van der Waals surface area (Å²) >= 11 is 3.37. The molecular weight excluding hydrogens is 463 g/mol. The molecule has 1 amide bonds. The minimum Gasteiger partial charge on any atom is -0.490 e. The lowest BCUT2D eigenvalue weighted by Crippen LogP contribution is -2.19. The summed E-state index contributed by atoms with van der Waals surface area (Å²) in [6.07, 6.45) is 1.79. The molecule has 0 aromatic heterocycles. The normalized spacial score (nSPS) is 10.8. The number of rotatable bonds is 9. The molecule has 3 rings (SSSR count). The van der Waals surface area contributed by atoms with Crippen LogP contribution >= 0.6 is 15.9 Å². The summed E-state index contributed by atoms with van der Waals surface area (Å²) in [4.78, 5) is 12.0. The van der Waals surface area contributed by atoms with Gasteiger partial charge in [-0.3, -0.25) is 4.79 Å². The van der Waals surface area contributed by atoms with E-state index in [0.717, 1.165) is 21.2 Å². The van der Waals surface area contributed by atoms with E-state index in [1.807, 2.05) is 37.3 Å². The first-order valence-corrected chi connectivity index (χ1v) is 10.5. The summed E-state index contributed by atoms with van der Waals surface area (Å²) in [5.41, 5.74) is 5.03. The topological polar surface area (TPSA) is 59.9 Å². The van der Waals surface area contributed by atoms with Gasteiger partial charge in [0.05, 0.1) is 19.2 Å². The summed E-state index contributed by atoms with van der Waals surface area (Å²) in [6.45, 7) is 2.64. The van der Waals surface area contributed by atoms with Gasteiger partial charge in [-0.1, -0.05) is 40.2 Å². The molecule has 0 radical (unpaired) electrons. The molecule has 31 heavy (non-hydrogen) atoms. The van der Waals surface area contributed by atoms with Crippen LogP contribution in [0.5, 0.6) is 11.5 Å². The Labute approximate surface area is 189 Å². The van der Waals surface area contributed by atoms with Gasteiger partial charge in [0.2, 0.25) is 5.91 Å². The van der Waals surface area contributed by atoms with Crippen LogP contribution in [-0.2, 0) is 17.8 Å². The Morgan fingerprint density at radius 2 is 1.71 bits per heavy atom. The third-order valence-corrected chi connectivity index (χ3v) is 4.78. The van der Waals surface area contributed by atoms with Crippen LogP contribution in [0.2, 0.25) is 0 Å². The molecule has 0 spiro atoms. The number of hydrazone groups is 1. The van der Waals surface area contributed by atoms with E-state index in [1.165, 1.54) is 12.1 Å². The Balaban J connectivity index is 1.59. The van der Waals surface area contributed by atoms with Gasteiger partial charge in [0, 0.05) is 4.47 Å². The van der Waals surface area contributed by atoms with Crippen molar-refractivity contribution in [3.05, 3.63) is 93.7 Å². The van der Waals surface area contributed by atoms with Crippen LogP contribution in [0.25, 0.3) is 0 Å². The van der Waals surface area contributed by atoms with Crippen LogP contribution in [0.15, 0.2) is 76.3 Å². The van der Waals surface area contributed by atoms with Crippen LogP contribution in [0, 0.1) is 5.82 Å². The third kappa shape index (κ3) is 7.22. The first-order valence-electron chi connectivity index (χ1n) is 9.74. The van der Waals surface area contributed by atoms with Crippen LogP contribution in [0.4, 0.5) is 4.39 Å². The molecule has 0 saturated carbocycles. The Bertz CT molecular complexity index is 1040. The SMILES string of the molecule is CCOc1cc(/C=N/NC(=O)Cc2ccc(Br)cc2)ccc1OCc1ccc(F)cc1. The van der Waals surface area contributed by atoms with Crippen LogP contribution < -0.4 is 14.9 Å². The Hall–Kier alpha value is -3.19. The quantitative estimate of drug-likeness (QED) is 0.332. The first kappa shape index (κ1) is 22.5. The molecule has 0 fully saturated rings. The maximum Gasteiger partial charge on any atom is 0.244 e. The molecule has 5 nitrogen and oxygen atoms in total. The molecule has 0 saturated heterocycles. The Kier molecular flexibility index (Phi) is 8.18. The van der Waals surface area contributed by atoms with Crippen molar-refractivity contribution in [3.63, 3.8) is 0 Å². The van der Waals surface area contributed by atoms with Gasteiger partial charge in [-0.25, -0.2) is 9.82 Å². The molecule has 0 bridgehead atoms. The lowest BCUT2D eigenvalue weighted by Gasteiger charge is -2.12. The van der Waals surface area contributed by atoms with E-state index in [-0.39, 0.29) is 18.1 Å². The predicted molar refractivity (Wildman–Crippen MR) is 122 cm³/mol. The Morgan fingerprint density at radius 1 is 1.00 bits per heavy atom. The fourth-order valence-electron chi connectivity index (χ4n) is 2.74. The fraction of sp³-hybridized carbons (Fsp3) is 0.167. The van der Waals surface area contributed by atoms with Gasteiger partial charge >= 0.3 is 0 Å². The molecule has 160 valence electrons. The van der Waals surface area contributed by atoms with Crippen molar-refractivity contribution in [1.82, 2.24) is 5.43 Å². The first-order chi connectivity index (χ1) is 15.0. The summed E-state index contributed by atoms with van der Waals surface area (Å²) in [6, 6.07) is 19.1. The van der Waals surface area contributed by atoms with E-state index in [0.29, 0.717) is 24.7 Å². The van der Waals surface area contributed by atoms with Gasteiger partial charge in [0.25, 0.3) is 0 Å². The molecule has 1 N–H and O–H groups in total. The number of nitrogens with zero attached hydrogens (tertiary/aromatic N) is 1. The van der Waals surface area contributed by atoms with Crippen molar-refractivity contribution in [3.8, 4) is 11.5 Å². The minimum absolute atomic E-state index is 0.206. The predicted octanol–water partition coefficient (Wildman–Crippen LogP) is 5.26. The summed E-state index contributed by atoms with van der Waals surface area (Å²) in [5.74, 6) is 0.645. The smallest absolute Gasteiger partial charge is 0.244 e. The third-order valence-electron chi connectivity index (χ3n) is 4.26. The molecule has 0 aliphatic rings. The highest BCUT2D eigenvalue weighted by atomic mass is 79.9. The minimum atomic E-state index is -0.286. The average Bonchev–Trinajstić information content (AvgIpc) is 2.76. The maximum absolute atomic E-state index is 13.0. The van der Waals surface area contributed by atoms with E-state index in [4.69, 9.17) is 9.47 Å². The van der Waals surface area contributed by atoms with Crippen LogP contribution in [0.1, 0.15) is 23.6 Å². The number of amides is 1. The monoisotopic (exact) mass is 484 g/mol. The van der Waals surface area contributed by atoms with Gasteiger partial charge in [-0.2, -0.15) is 5.10 Å². The highest BCUT2D eigenvalue weighted by Crippen LogP contribution is 2.29. The van der Waals surface area contributed by atoms with E-state index < -0.39 is 0 Å². The van der Waals surface area contributed by atoms with E-state index >= 15 is 0 Å². The van der Waals surface area contributed by atoms with Gasteiger partial charge in [0.15, 0.2) is 11.5 Å². The summed E-state index contributed by atoms with van der Waals surface area (Å²) in [5, 5.41) is 4.02. The molecule has 0 aliphatic carbocycles. The zero-order valence-corrected chi connectivity index (χ0v) is 18.6. The largest absolute Gasteiger partial charge is 0.490 e. The second-order valence-electron chi connectivity index (χ2n) is 6.65. The molecular formula is C24H22BrFN2O3. The number of hydrogen-bond acceptors (Lipinski definition) is 4. The lowest BCUT2D eigenvalue weighted by molar-refractivity contribution is -0.120. The molecule has 0 heterocycles. The number of ether oxygens (including phenoxy) is 2. The zero-order valence-electron chi connectivity index (χ0n) is 17.0. The zero-order chi connectivity index (χ0) is 22.1. The number of hydrogen-bond donors (Lipinski definition) is 1. The second kappa shape index (κ2) is 11.3. The summed E-state index contributed by atoms with van der Waals surface area (Å²) in [7, 11) is 0. The van der Waals surface area contributed by atoms with Crippen molar-refractivity contribution in [2.45, 2.75) is 20.0 Å². The van der Waals surface area contributed by atoms with Crippen molar-refractivity contribution in [2.75, 3.05) is 6.61 Å². The van der Waals surface area contributed by atoms with Gasteiger partial charge in [-0.05, 0) is 66.1 Å². The van der Waals surface area contributed by atoms with Gasteiger partial charge < -0.3 is 9.47 Å². The van der Waals surface area contributed by atoms with Crippen LogP contribution in [-0.4, -0.2) is 18.7 Å². The fourth-order valence-corrected chi connectivity index (χ4v) is 3.00. The standard InChI is InChI=1S/C24H22BrFN2O3/c1-2-30-23-13-19(7-12-22(23)31-16-18-5-10-21(26)11-6-18)15-27-28-24(29)14-17-3-8-20(25)9-4-17/h3-13,15H,2,14,16H2,1H3,(H,28,29)/b27-15+. The highest BCUT2D eigenvalue weighted by molar-refractivity contribution is 9.10. The van der Waals surface area contributed by atoms with Gasteiger partial charge in [-0.15, -0.1) is 0 Å². The van der Waals surface area contributed by atoms with Crippen molar-refractivity contribution >= 4 is 28.1 Å². The van der Waals surface area contributed by atoms with E-state index in [2.05, 4.69) is 26.5 Å². The lowest BCUT2D eigenvalue weighted by atomic mass is 10.1. The van der Waals surface area contributed by atoms with Gasteiger partial charge in [0.1, 0.15) is 12.4 Å². The average molecular weight is 485 g/mol. The van der Waals surface area contributed by atoms with Crippen molar-refractivity contribution in [2.24, 2.45) is 5.10 Å². The van der Waals surface area contributed by atoms with E-state index in [9.17, 15) is 9.18 Å². The molecule has 7 heteroatoms. The summed E-state index contributed by atoms with van der Waals surface area (Å²) < 4.78 is 25.5. The Morgan fingerprint density at radius 3 is 2.42 bits per heavy atom. The molecule has 0 atom stereocenters. The molecule has 0 aliphatic heterocycles. The number of nitrogens with one attached hydrogen (secondary N) is 1.